The van der Waals surface area contributed by atoms with Crippen LogP contribution < -0.4 is 5.32 Å². The highest BCUT2D eigenvalue weighted by atomic mass is 32.1. The van der Waals surface area contributed by atoms with Gasteiger partial charge in [-0.15, -0.1) is 11.3 Å². The summed E-state index contributed by atoms with van der Waals surface area (Å²) in [4.78, 5) is 4.39. The van der Waals surface area contributed by atoms with Gasteiger partial charge < -0.3 is 5.32 Å². The molecule has 3 heteroatoms. The fourth-order valence-electron chi connectivity index (χ4n) is 1.03. The number of rotatable bonds is 1. The second kappa shape index (κ2) is 2.32. The van der Waals surface area contributed by atoms with E-state index in [-0.39, 0.29) is 0 Å². The highest BCUT2D eigenvalue weighted by molar-refractivity contribution is 7.09. The van der Waals surface area contributed by atoms with Gasteiger partial charge in [0.15, 0.2) is 0 Å². The molecule has 1 atom stereocenters. The summed E-state index contributed by atoms with van der Waals surface area (Å²) in [7, 11) is 0. The standard InChI is InChI=1S/C7H10N2S/c1-5-4-10-7(9-5)6-2-3-8-6/h4,6,8H,2-3H2,1H3. The Kier molecular flexibility index (Phi) is 1.47. The third-order valence-corrected chi connectivity index (χ3v) is 2.83. The zero-order valence-electron chi connectivity index (χ0n) is 5.92. The molecule has 1 aromatic rings. The van der Waals surface area contributed by atoms with Gasteiger partial charge in [0, 0.05) is 11.1 Å². The largest absolute Gasteiger partial charge is 0.308 e. The van der Waals surface area contributed by atoms with Crippen LogP contribution in [0.25, 0.3) is 0 Å². The van der Waals surface area contributed by atoms with Gasteiger partial charge in [-0.05, 0) is 19.9 Å². The molecular weight excluding hydrogens is 144 g/mol. The lowest BCUT2D eigenvalue weighted by Gasteiger charge is -2.25. The Morgan fingerprint density at radius 3 is 3.00 bits per heavy atom. The van der Waals surface area contributed by atoms with Gasteiger partial charge in [-0.3, -0.25) is 0 Å². The maximum atomic E-state index is 4.39. The van der Waals surface area contributed by atoms with E-state index in [4.69, 9.17) is 0 Å². The first-order valence-electron chi connectivity index (χ1n) is 3.51. The molecular formula is C7H10N2S. The maximum Gasteiger partial charge on any atom is 0.110 e. The second-order valence-corrected chi connectivity index (χ2v) is 3.51. The third-order valence-electron chi connectivity index (χ3n) is 1.76. The fraction of sp³-hybridized carbons (Fsp3) is 0.571. The molecule has 0 saturated carbocycles. The second-order valence-electron chi connectivity index (χ2n) is 2.62. The SMILES string of the molecule is Cc1csc(C2CCN2)n1. The van der Waals surface area contributed by atoms with Crippen LogP contribution in [0.2, 0.25) is 0 Å². The zero-order chi connectivity index (χ0) is 6.97. The van der Waals surface area contributed by atoms with Crippen molar-refractivity contribution in [1.29, 1.82) is 0 Å². The molecule has 1 fully saturated rings. The van der Waals surface area contributed by atoms with Gasteiger partial charge in [0.25, 0.3) is 0 Å². The van der Waals surface area contributed by atoms with E-state index >= 15 is 0 Å². The number of aromatic nitrogens is 1. The van der Waals surface area contributed by atoms with Gasteiger partial charge in [-0.1, -0.05) is 0 Å². The molecule has 2 rings (SSSR count). The van der Waals surface area contributed by atoms with Crippen molar-refractivity contribution in [3.05, 3.63) is 16.1 Å². The van der Waals surface area contributed by atoms with Gasteiger partial charge in [-0.2, -0.15) is 0 Å². The first-order valence-corrected chi connectivity index (χ1v) is 4.39. The van der Waals surface area contributed by atoms with E-state index in [9.17, 15) is 0 Å². The van der Waals surface area contributed by atoms with Crippen LogP contribution in [-0.4, -0.2) is 11.5 Å². The monoisotopic (exact) mass is 154 g/mol. The molecule has 0 aliphatic carbocycles. The van der Waals surface area contributed by atoms with Crippen molar-refractivity contribution in [2.24, 2.45) is 0 Å². The van der Waals surface area contributed by atoms with Gasteiger partial charge >= 0.3 is 0 Å². The van der Waals surface area contributed by atoms with Crippen LogP contribution in [0.1, 0.15) is 23.2 Å². The smallest absolute Gasteiger partial charge is 0.110 e. The predicted octanol–water partition coefficient (Wildman–Crippen LogP) is 1.49. The molecule has 0 aromatic carbocycles. The summed E-state index contributed by atoms with van der Waals surface area (Å²) in [6, 6.07) is 0.568. The Labute approximate surface area is 64.3 Å². The molecule has 2 heterocycles. The van der Waals surface area contributed by atoms with Crippen LogP contribution in [0.3, 0.4) is 0 Å². The molecule has 1 aliphatic rings. The molecule has 0 amide bonds. The lowest BCUT2D eigenvalue weighted by atomic mass is 10.1. The van der Waals surface area contributed by atoms with Crippen molar-refractivity contribution < 1.29 is 0 Å². The summed E-state index contributed by atoms with van der Waals surface area (Å²) >= 11 is 1.76. The van der Waals surface area contributed by atoms with Gasteiger partial charge in [0.05, 0.1) is 6.04 Å². The van der Waals surface area contributed by atoms with E-state index in [2.05, 4.69) is 15.7 Å². The fourth-order valence-corrected chi connectivity index (χ4v) is 1.94. The number of aryl methyl sites for hydroxylation is 1. The Bertz CT molecular complexity index is 227. The van der Waals surface area contributed by atoms with Crippen molar-refractivity contribution in [2.45, 2.75) is 19.4 Å². The van der Waals surface area contributed by atoms with Crippen LogP contribution in [0.5, 0.6) is 0 Å². The Morgan fingerprint density at radius 2 is 2.60 bits per heavy atom. The Morgan fingerprint density at radius 1 is 1.80 bits per heavy atom. The van der Waals surface area contributed by atoms with Crippen LogP contribution in [0.4, 0.5) is 0 Å². The van der Waals surface area contributed by atoms with E-state index in [1.54, 1.807) is 11.3 Å². The summed E-state index contributed by atoms with van der Waals surface area (Å²) in [5.41, 5.74) is 1.15. The first kappa shape index (κ1) is 6.31. The lowest BCUT2D eigenvalue weighted by molar-refractivity contribution is 0.381. The summed E-state index contributed by atoms with van der Waals surface area (Å²) in [6.07, 6.45) is 1.26. The average Bonchev–Trinajstić information content (AvgIpc) is 2.10. The van der Waals surface area contributed by atoms with Crippen LogP contribution in [0.15, 0.2) is 5.38 Å². The van der Waals surface area contributed by atoms with Gasteiger partial charge in [-0.25, -0.2) is 4.98 Å². The summed E-state index contributed by atoms with van der Waals surface area (Å²) in [5, 5.41) is 6.68. The maximum absolute atomic E-state index is 4.39. The summed E-state index contributed by atoms with van der Waals surface area (Å²) in [5.74, 6) is 0. The molecule has 1 aliphatic heterocycles. The molecule has 10 heavy (non-hydrogen) atoms. The van der Waals surface area contributed by atoms with Crippen molar-refractivity contribution in [3.8, 4) is 0 Å². The number of hydrogen-bond acceptors (Lipinski definition) is 3. The van der Waals surface area contributed by atoms with Crippen molar-refractivity contribution in [1.82, 2.24) is 10.3 Å². The average molecular weight is 154 g/mol. The molecule has 0 spiro atoms. The molecule has 1 saturated heterocycles. The quantitative estimate of drug-likeness (QED) is 0.663. The Hall–Kier alpha value is -0.410. The van der Waals surface area contributed by atoms with Crippen LogP contribution >= 0.6 is 11.3 Å². The molecule has 1 N–H and O–H groups in total. The number of nitrogens with one attached hydrogen (secondary N) is 1. The number of thiazole rings is 1. The van der Waals surface area contributed by atoms with Crippen LogP contribution in [0, 0.1) is 6.92 Å². The Balaban J connectivity index is 2.17. The van der Waals surface area contributed by atoms with E-state index in [0.29, 0.717) is 6.04 Å². The first-order chi connectivity index (χ1) is 4.86. The number of nitrogens with zero attached hydrogens (tertiary/aromatic N) is 1. The number of hydrogen-bond donors (Lipinski definition) is 1. The molecule has 1 aromatic heterocycles. The normalized spacial score (nSPS) is 24.3. The van der Waals surface area contributed by atoms with E-state index < -0.39 is 0 Å². The van der Waals surface area contributed by atoms with E-state index in [1.165, 1.54) is 11.4 Å². The summed E-state index contributed by atoms with van der Waals surface area (Å²) in [6.45, 7) is 3.20. The molecule has 54 valence electrons. The highest BCUT2D eigenvalue weighted by Crippen LogP contribution is 2.25. The van der Waals surface area contributed by atoms with Gasteiger partial charge in [0.2, 0.25) is 0 Å². The molecule has 0 radical (unpaired) electrons. The summed E-state index contributed by atoms with van der Waals surface area (Å²) < 4.78 is 0. The van der Waals surface area contributed by atoms with E-state index in [0.717, 1.165) is 12.2 Å². The topological polar surface area (TPSA) is 24.9 Å². The highest BCUT2D eigenvalue weighted by Gasteiger charge is 2.20. The lowest BCUT2D eigenvalue weighted by Crippen LogP contribution is -2.34. The predicted molar refractivity (Wildman–Crippen MR) is 42.2 cm³/mol. The zero-order valence-corrected chi connectivity index (χ0v) is 6.74. The van der Waals surface area contributed by atoms with Crippen molar-refractivity contribution >= 4 is 11.3 Å². The van der Waals surface area contributed by atoms with Crippen LogP contribution in [-0.2, 0) is 0 Å². The molecule has 1 unspecified atom stereocenters. The minimum absolute atomic E-state index is 0.568. The molecule has 2 nitrogen and oxygen atoms in total. The minimum Gasteiger partial charge on any atom is -0.308 e. The van der Waals surface area contributed by atoms with Crippen molar-refractivity contribution in [3.63, 3.8) is 0 Å². The van der Waals surface area contributed by atoms with E-state index in [1.807, 2.05) is 6.92 Å². The van der Waals surface area contributed by atoms with Crippen molar-refractivity contribution in [2.75, 3.05) is 6.54 Å². The third kappa shape index (κ3) is 0.954. The van der Waals surface area contributed by atoms with Gasteiger partial charge in [0.1, 0.15) is 5.01 Å². The minimum atomic E-state index is 0.568. The molecule has 0 bridgehead atoms.